The molecule has 0 aromatic rings. The lowest BCUT2D eigenvalue weighted by Crippen LogP contribution is -2.53. The Kier molecular flexibility index (Phi) is 4.88. The molecule has 3 heteroatoms. The third-order valence-electron chi connectivity index (χ3n) is 6.53. The van der Waals surface area contributed by atoms with Gasteiger partial charge in [-0.2, -0.15) is 0 Å². The van der Waals surface area contributed by atoms with Crippen molar-refractivity contribution in [2.75, 3.05) is 13.1 Å². The van der Waals surface area contributed by atoms with Gasteiger partial charge in [0.25, 0.3) is 0 Å². The first-order chi connectivity index (χ1) is 10.2. The number of rotatable bonds is 2. The average molecular weight is 292 g/mol. The van der Waals surface area contributed by atoms with E-state index in [-0.39, 0.29) is 6.04 Å². The fourth-order valence-corrected chi connectivity index (χ4v) is 5.21. The van der Waals surface area contributed by atoms with Crippen LogP contribution in [0.4, 0.5) is 0 Å². The molecule has 3 fully saturated rings. The van der Waals surface area contributed by atoms with Crippen LogP contribution in [0.1, 0.15) is 64.7 Å². The highest BCUT2D eigenvalue weighted by atomic mass is 16.2. The minimum Gasteiger partial charge on any atom is -0.338 e. The van der Waals surface area contributed by atoms with Gasteiger partial charge < -0.3 is 10.6 Å². The van der Waals surface area contributed by atoms with Gasteiger partial charge in [0.05, 0.1) is 0 Å². The van der Waals surface area contributed by atoms with E-state index < -0.39 is 0 Å². The fraction of sp³-hybridized carbons (Fsp3) is 0.944. The van der Waals surface area contributed by atoms with Gasteiger partial charge in [0, 0.05) is 25.0 Å². The van der Waals surface area contributed by atoms with Gasteiger partial charge in [-0.05, 0) is 49.9 Å². The quantitative estimate of drug-likeness (QED) is 0.849. The van der Waals surface area contributed by atoms with E-state index in [1.165, 1.54) is 38.5 Å². The molecule has 5 unspecified atom stereocenters. The molecule has 5 atom stereocenters. The Hall–Kier alpha value is -0.570. The van der Waals surface area contributed by atoms with Gasteiger partial charge in [0.2, 0.25) is 5.91 Å². The third-order valence-corrected chi connectivity index (χ3v) is 6.53. The topological polar surface area (TPSA) is 46.3 Å². The number of nitrogens with two attached hydrogens (primary N) is 1. The van der Waals surface area contributed by atoms with Crippen LogP contribution in [0.3, 0.4) is 0 Å². The molecular formula is C18H32N2O. The van der Waals surface area contributed by atoms with E-state index in [1.807, 2.05) is 0 Å². The number of piperidine rings is 1. The van der Waals surface area contributed by atoms with Gasteiger partial charge in [-0.25, -0.2) is 0 Å². The Balaban J connectivity index is 1.64. The van der Waals surface area contributed by atoms with E-state index in [4.69, 9.17) is 5.73 Å². The van der Waals surface area contributed by atoms with E-state index in [2.05, 4.69) is 11.8 Å². The maximum absolute atomic E-state index is 13.0. The van der Waals surface area contributed by atoms with Crippen molar-refractivity contribution in [3.8, 4) is 0 Å². The molecule has 3 nitrogen and oxygen atoms in total. The molecule has 0 spiro atoms. The standard InChI is InChI=1S/C18H32N2O/c1-13-5-4-10-20(17(13)12-19)18(21)16-9-8-14-6-2-3-7-15(14)11-16/h13-17H,2-12,19H2,1H3. The van der Waals surface area contributed by atoms with Crippen molar-refractivity contribution in [1.29, 1.82) is 0 Å². The van der Waals surface area contributed by atoms with E-state index in [0.29, 0.717) is 24.3 Å². The molecule has 1 heterocycles. The zero-order chi connectivity index (χ0) is 14.8. The monoisotopic (exact) mass is 292 g/mol. The second kappa shape index (κ2) is 6.68. The number of hydrogen-bond acceptors (Lipinski definition) is 2. The normalized spacial score (nSPS) is 40.7. The van der Waals surface area contributed by atoms with Crippen LogP contribution in [-0.4, -0.2) is 29.9 Å². The predicted octanol–water partition coefficient (Wildman–Crippen LogP) is 3.18. The van der Waals surface area contributed by atoms with E-state index in [0.717, 1.165) is 37.6 Å². The summed E-state index contributed by atoms with van der Waals surface area (Å²) in [7, 11) is 0. The number of nitrogens with zero attached hydrogens (tertiary/aromatic N) is 1. The van der Waals surface area contributed by atoms with Crippen molar-refractivity contribution in [1.82, 2.24) is 4.90 Å². The van der Waals surface area contributed by atoms with Crippen LogP contribution in [-0.2, 0) is 4.79 Å². The van der Waals surface area contributed by atoms with Crippen molar-refractivity contribution in [2.45, 2.75) is 70.8 Å². The minimum absolute atomic E-state index is 0.287. The lowest BCUT2D eigenvalue weighted by atomic mass is 9.67. The molecule has 1 amide bonds. The summed E-state index contributed by atoms with van der Waals surface area (Å²) in [6.07, 6.45) is 11.5. The predicted molar refractivity (Wildman–Crippen MR) is 85.7 cm³/mol. The average Bonchev–Trinajstić information content (AvgIpc) is 2.53. The van der Waals surface area contributed by atoms with Crippen LogP contribution in [0, 0.1) is 23.7 Å². The molecule has 3 rings (SSSR count). The van der Waals surface area contributed by atoms with Gasteiger partial charge in [-0.15, -0.1) is 0 Å². The fourth-order valence-electron chi connectivity index (χ4n) is 5.21. The summed E-state index contributed by atoms with van der Waals surface area (Å²) >= 11 is 0. The van der Waals surface area contributed by atoms with Crippen LogP contribution < -0.4 is 5.73 Å². The zero-order valence-electron chi connectivity index (χ0n) is 13.6. The first kappa shape index (κ1) is 15.3. The second-order valence-electron chi connectivity index (χ2n) is 7.77. The summed E-state index contributed by atoms with van der Waals surface area (Å²) in [6.45, 7) is 3.83. The Morgan fingerprint density at radius 2 is 1.81 bits per heavy atom. The van der Waals surface area contributed by atoms with Crippen LogP contribution in [0.15, 0.2) is 0 Å². The number of fused-ring (bicyclic) bond motifs is 1. The second-order valence-corrected chi connectivity index (χ2v) is 7.77. The lowest BCUT2D eigenvalue weighted by molar-refractivity contribution is -0.142. The van der Waals surface area contributed by atoms with Crippen LogP contribution in [0.25, 0.3) is 0 Å². The van der Waals surface area contributed by atoms with E-state index >= 15 is 0 Å². The Labute approximate surface area is 129 Å². The highest BCUT2D eigenvalue weighted by Gasteiger charge is 2.39. The SMILES string of the molecule is CC1CCCN(C(=O)C2CCC3CCCCC3C2)C1CN. The number of amides is 1. The Bertz CT molecular complexity index is 370. The maximum atomic E-state index is 13.0. The molecule has 21 heavy (non-hydrogen) atoms. The molecule has 0 aromatic carbocycles. The molecule has 1 aliphatic heterocycles. The summed E-state index contributed by atoms with van der Waals surface area (Å²) in [5.74, 6) is 3.05. The molecule has 0 aromatic heterocycles. The third kappa shape index (κ3) is 3.13. The van der Waals surface area contributed by atoms with Crippen LogP contribution in [0.5, 0.6) is 0 Å². The molecule has 2 saturated carbocycles. The summed E-state index contributed by atoms with van der Waals surface area (Å²) in [4.78, 5) is 15.2. The van der Waals surface area contributed by atoms with Gasteiger partial charge in [-0.3, -0.25) is 4.79 Å². The number of carbonyl (C=O) groups excluding carboxylic acids is 1. The zero-order valence-corrected chi connectivity index (χ0v) is 13.6. The van der Waals surface area contributed by atoms with E-state index in [1.54, 1.807) is 0 Å². The molecule has 1 saturated heterocycles. The Morgan fingerprint density at radius 1 is 1.05 bits per heavy atom. The molecule has 2 aliphatic carbocycles. The first-order valence-corrected chi connectivity index (χ1v) is 9.21. The van der Waals surface area contributed by atoms with Crippen molar-refractivity contribution in [3.05, 3.63) is 0 Å². The summed E-state index contributed by atoms with van der Waals surface area (Å²) in [5, 5.41) is 0. The number of likely N-dealkylation sites (tertiary alicyclic amines) is 1. The number of hydrogen-bond donors (Lipinski definition) is 1. The minimum atomic E-state index is 0.287. The summed E-state index contributed by atoms with van der Waals surface area (Å²) < 4.78 is 0. The first-order valence-electron chi connectivity index (χ1n) is 9.21. The molecule has 2 N–H and O–H groups in total. The highest BCUT2D eigenvalue weighted by Crippen LogP contribution is 2.43. The van der Waals surface area contributed by atoms with Crippen molar-refractivity contribution in [3.63, 3.8) is 0 Å². The molecule has 0 radical (unpaired) electrons. The van der Waals surface area contributed by atoms with Gasteiger partial charge >= 0.3 is 0 Å². The molecule has 3 aliphatic rings. The Morgan fingerprint density at radius 3 is 2.57 bits per heavy atom. The van der Waals surface area contributed by atoms with Crippen molar-refractivity contribution < 1.29 is 4.79 Å². The van der Waals surface area contributed by atoms with Crippen LogP contribution >= 0.6 is 0 Å². The molecule has 120 valence electrons. The summed E-state index contributed by atoms with van der Waals surface area (Å²) in [6, 6.07) is 0.287. The smallest absolute Gasteiger partial charge is 0.225 e. The van der Waals surface area contributed by atoms with Gasteiger partial charge in [-0.1, -0.05) is 32.6 Å². The summed E-state index contributed by atoms with van der Waals surface area (Å²) in [5.41, 5.74) is 5.96. The van der Waals surface area contributed by atoms with Gasteiger partial charge in [0.1, 0.15) is 0 Å². The van der Waals surface area contributed by atoms with Crippen molar-refractivity contribution >= 4 is 5.91 Å². The van der Waals surface area contributed by atoms with Crippen molar-refractivity contribution in [2.24, 2.45) is 29.4 Å². The lowest BCUT2D eigenvalue weighted by Gasteiger charge is -2.44. The molecule has 0 bridgehead atoms. The van der Waals surface area contributed by atoms with Gasteiger partial charge in [0.15, 0.2) is 0 Å². The molecular weight excluding hydrogens is 260 g/mol. The maximum Gasteiger partial charge on any atom is 0.225 e. The largest absolute Gasteiger partial charge is 0.338 e. The van der Waals surface area contributed by atoms with E-state index in [9.17, 15) is 4.79 Å². The number of carbonyl (C=O) groups is 1. The highest BCUT2D eigenvalue weighted by molar-refractivity contribution is 5.79. The van der Waals surface area contributed by atoms with Crippen LogP contribution in [0.2, 0.25) is 0 Å².